The molecule has 5 nitrogen and oxygen atoms in total. The molecule has 2 heterocycles. The van der Waals surface area contributed by atoms with Crippen molar-refractivity contribution in [2.75, 3.05) is 25.0 Å². The fraction of sp³-hybridized carbons (Fsp3) is 0.545. The summed E-state index contributed by atoms with van der Waals surface area (Å²) < 4.78 is 0. The zero-order valence-electron chi connectivity index (χ0n) is 9.66. The number of aromatic nitrogens is 2. The van der Waals surface area contributed by atoms with E-state index in [0.717, 1.165) is 18.8 Å². The number of anilines is 1. The Morgan fingerprint density at radius 3 is 2.69 bits per heavy atom. The molecule has 1 fully saturated rings. The SMILES string of the molecule is CNC(=O)c1cc(C)nc(N2CCCC2)n1. The van der Waals surface area contributed by atoms with Crippen LogP contribution < -0.4 is 10.2 Å². The van der Waals surface area contributed by atoms with Crippen molar-refractivity contribution in [3.8, 4) is 0 Å². The largest absolute Gasteiger partial charge is 0.354 e. The van der Waals surface area contributed by atoms with E-state index in [0.29, 0.717) is 11.6 Å². The molecule has 1 amide bonds. The lowest BCUT2D eigenvalue weighted by Crippen LogP contribution is -2.24. The maximum Gasteiger partial charge on any atom is 0.269 e. The second kappa shape index (κ2) is 4.47. The minimum Gasteiger partial charge on any atom is -0.354 e. The Labute approximate surface area is 94.9 Å². The van der Waals surface area contributed by atoms with Gasteiger partial charge < -0.3 is 10.2 Å². The lowest BCUT2D eigenvalue weighted by Gasteiger charge is -2.16. The number of nitrogens with one attached hydrogen (secondary N) is 1. The van der Waals surface area contributed by atoms with Crippen molar-refractivity contribution in [2.24, 2.45) is 0 Å². The van der Waals surface area contributed by atoms with Crippen LogP contribution in [0.25, 0.3) is 0 Å². The third-order valence-corrected chi connectivity index (χ3v) is 2.69. The molecular weight excluding hydrogens is 204 g/mol. The molecule has 86 valence electrons. The zero-order chi connectivity index (χ0) is 11.5. The van der Waals surface area contributed by atoms with E-state index in [-0.39, 0.29) is 5.91 Å². The van der Waals surface area contributed by atoms with Gasteiger partial charge in [-0.1, -0.05) is 0 Å². The highest BCUT2D eigenvalue weighted by Gasteiger charge is 2.17. The summed E-state index contributed by atoms with van der Waals surface area (Å²) >= 11 is 0. The lowest BCUT2D eigenvalue weighted by molar-refractivity contribution is 0.0958. The Morgan fingerprint density at radius 1 is 1.38 bits per heavy atom. The second-order valence-electron chi connectivity index (χ2n) is 3.97. The number of carbonyl (C=O) groups is 1. The average molecular weight is 220 g/mol. The van der Waals surface area contributed by atoms with Crippen LogP contribution in [0.2, 0.25) is 0 Å². The monoisotopic (exact) mass is 220 g/mol. The molecule has 0 radical (unpaired) electrons. The fourth-order valence-electron chi connectivity index (χ4n) is 1.86. The standard InChI is InChI=1S/C11H16N4O/c1-8-7-9(10(16)12-2)14-11(13-8)15-5-3-4-6-15/h7H,3-6H2,1-2H3,(H,12,16). The van der Waals surface area contributed by atoms with Crippen molar-refractivity contribution in [3.63, 3.8) is 0 Å². The average Bonchev–Trinajstić information content (AvgIpc) is 2.80. The maximum absolute atomic E-state index is 11.5. The number of aryl methyl sites for hydroxylation is 1. The van der Waals surface area contributed by atoms with E-state index in [4.69, 9.17) is 0 Å². The van der Waals surface area contributed by atoms with Crippen LogP contribution in [0.1, 0.15) is 29.0 Å². The number of hydrogen-bond acceptors (Lipinski definition) is 4. The van der Waals surface area contributed by atoms with Crippen molar-refractivity contribution >= 4 is 11.9 Å². The van der Waals surface area contributed by atoms with Crippen LogP contribution >= 0.6 is 0 Å². The fourth-order valence-corrected chi connectivity index (χ4v) is 1.86. The van der Waals surface area contributed by atoms with Gasteiger partial charge in [-0.15, -0.1) is 0 Å². The molecule has 1 aromatic rings. The molecule has 0 saturated carbocycles. The van der Waals surface area contributed by atoms with Crippen LogP contribution in [0.15, 0.2) is 6.07 Å². The summed E-state index contributed by atoms with van der Waals surface area (Å²) in [6.07, 6.45) is 2.35. The van der Waals surface area contributed by atoms with Gasteiger partial charge in [0.15, 0.2) is 0 Å². The van der Waals surface area contributed by atoms with Gasteiger partial charge in [-0.25, -0.2) is 9.97 Å². The number of amides is 1. The number of hydrogen-bond donors (Lipinski definition) is 1. The molecule has 1 aliphatic heterocycles. The summed E-state index contributed by atoms with van der Waals surface area (Å²) in [5, 5.41) is 2.58. The van der Waals surface area contributed by atoms with Gasteiger partial charge in [-0.05, 0) is 25.8 Å². The zero-order valence-corrected chi connectivity index (χ0v) is 9.66. The Bertz CT molecular complexity index is 399. The van der Waals surface area contributed by atoms with Gasteiger partial charge in [0.25, 0.3) is 5.91 Å². The van der Waals surface area contributed by atoms with Crippen LogP contribution in [-0.4, -0.2) is 36.0 Å². The molecule has 0 aliphatic carbocycles. The molecular formula is C11H16N4O. The van der Waals surface area contributed by atoms with Crippen molar-refractivity contribution in [1.82, 2.24) is 15.3 Å². The highest BCUT2D eigenvalue weighted by molar-refractivity contribution is 5.92. The summed E-state index contributed by atoms with van der Waals surface area (Å²) in [7, 11) is 1.61. The van der Waals surface area contributed by atoms with Crippen molar-refractivity contribution in [3.05, 3.63) is 17.5 Å². The molecule has 1 aromatic heterocycles. The van der Waals surface area contributed by atoms with Gasteiger partial charge in [0.05, 0.1) is 0 Å². The van der Waals surface area contributed by atoms with E-state index in [2.05, 4.69) is 20.2 Å². The first-order valence-corrected chi connectivity index (χ1v) is 5.53. The first kappa shape index (κ1) is 10.9. The minimum absolute atomic E-state index is 0.161. The van der Waals surface area contributed by atoms with E-state index in [9.17, 15) is 4.79 Å². The van der Waals surface area contributed by atoms with Gasteiger partial charge in [0, 0.05) is 25.8 Å². The Balaban J connectivity index is 2.31. The topological polar surface area (TPSA) is 58.1 Å². The normalized spacial score (nSPS) is 15.2. The predicted molar refractivity (Wildman–Crippen MR) is 61.6 cm³/mol. The molecule has 5 heteroatoms. The van der Waals surface area contributed by atoms with E-state index < -0.39 is 0 Å². The molecule has 0 unspecified atom stereocenters. The van der Waals surface area contributed by atoms with E-state index in [1.54, 1.807) is 13.1 Å². The van der Waals surface area contributed by atoms with Gasteiger partial charge >= 0.3 is 0 Å². The van der Waals surface area contributed by atoms with Crippen LogP contribution in [0.3, 0.4) is 0 Å². The molecule has 2 rings (SSSR count). The Morgan fingerprint density at radius 2 is 2.06 bits per heavy atom. The van der Waals surface area contributed by atoms with Crippen molar-refractivity contribution in [2.45, 2.75) is 19.8 Å². The number of rotatable bonds is 2. The predicted octanol–water partition coefficient (Wildman–Crippen LogP) is 0.745. The third kappa shape index (κ3) is 2.13. The summed E-state index contributed by atoms with van der Waals surface area (Å²) in [6.45, 7) is 3.85. The minimum atomic E-state index is -0.161. The third-order valence-electron chi connectivity index (χ3n) is 2.69. The van der Waals surface area contributed by atoms with Crippen molar-refractivity contribution in [1.29, 1.82) is 0 Å². The van der Waals surface area contributed by atoms with E-state index in [1.165, 1.54) is 12.8 Å². The molecule has 1 saturated heterocycles. The number of nitrogens with zero attached hydrogens (tertiary/aromatic N) is 3. The first-order chi connectivity index (χ1) is 7.70. The van der Waals surface area contributed by atoms with E-state index >= 15 is 0 Å². The molecule has 16 heavy (non-hydrogen) atoms. The van der Waals surface area contributed by atoms with Gasteiger partial charge in [-0.3, -0.25) is 4.79 Å². The molecule has 1 N–H and O–H groups in total. The Kier molecular flexibility index (Phi) is 3.03. The van der Waals surface area contributed by atoms with Crippen LogP contribution in [0.4, 0.5) is 5.95 Å². The van der Waals surface area contributed by atoms with Gasteiger partial charge in [0.1, 0.15) is 5.69 Å². The molecule has 0 bridgehead atoms. The highest BCUT2D eigenvalue weighted by atomic mass is 16.1. The summed E-state index contributed by atoms with van der Waals surface area (Å²) in [5.41, 5.74) is 1.27. The van der Waals surface area contributed by atoms with E-state index in [1.807, 2.05) is 6.92 Å². The molecule has 0 spiro atoms. The molecule has 1 aliphatic rings. The quantitative estimate of drug-likeness (QED) is 0.799. The van der Waals surface area contributed by atoms with Gasteiger partial charge in [0.2, 0.25) is 5.95 Å². The van der Waals surface area contributed by atoms with Gasteiger partial charge in [-0.2, -0.15) is 0 Å². The summed E-state index contributed by atoms with van der Waals surface area (Å²) in [4.78, 5) is 22.3. The number of carbonyl (C=O) groups excluding carboxylic acids is 1. The first-order valence-electron chi connectivity index (χ1n) is 5.53. The molecule has 0 atom stereocenters. The smallest absolute Gasteiger partial charge is 0.269 e. The van der Waals surface area contributed by atoms with Crippen molar-refractivity contribution < 1.29 is 4.79 Å². The van der Waals surface area contributed by atoms with Crippen LogP contribution in [0, 0.1) is 6.92 Å². The van der Waals surface area contributed by atoms with Crippen LogP contribution in [0.5, 0.6) is 0 Å². The second-order valence-corrected chi connectivity index (χ2v) is 3.97. The summed E-state index contributed by atoms with van der Waals surface area (Å²) in [6, 6.07) is 1.71. The lowest BCUT2D eigenvalue weighted by atomic mass is 10.3. The van der Waals surface area contributed by atoms with Crippen LogP contribution in [-0.2, 0) is 0 Å². The maximum atomic E-state index is 11.5. The summed E-state index contributed by atoms with van der Waals surface area (Å²) in [5.74, 6) is 0.516. The Hall–Kier alpha value is -1.65. The molecule has 0 aromatic carbocycles. The highest BCUT2D eigenvalue weighted by Crippen LogP contribution is 2.16.